The van der Waals surface area contributed by atoms with Crippen molar-refractivity contribution >= 4 is 17.1 Å². The van der Waals surface area contributed by atoms with Gasteiger partial charge in [-0.3, -0.25) is 9.36 Å². The van der Waals surface area contributed by atoms with Gasteiger partial charge in [-0.05, 0) is 24.3 Å². The smallest absolute Gasteiger partial charge is 0.416 e. The van der Waals surface area contributed by atoms with Crippen LogP contribution in [0.2, 0.25) is 0 Å². The maximum atomic E-state index is 12.6. The molecule has 0 aliphatic carbocycles. The molecule has 3 rings (SSSR count). The van der Waals surface area contributed by atoms with Crippen LogP contribution < -0.4 is 0 Å². The minimum atomic E-state index is -4.43. The van der Waals surface area contributed by atoms with Gasteiger partial charge in [0, 0.05) is 11.8 Å². The largest absolute Gasteiger partial charge is 0.480 e. The van der Waals surface area contributed by atoms with Gasteiger partial charge in [0.15, 0.2) is 5.65 Å². The molecule has 0 radical (unpaired) electrons. The first-order valence-electron chi connectivity index (χ1n) is 6.57. The zero-order valence-corrected chi connectivity index (χ0v) is 11.6. The third-order valence-electron chi connectivity index (χ3n) is 3.27. The van der Waals surface area contributed by atoms with E-state index >= 15 is 0 Å². The molecule has 0 saturated heterocycles. The first-order valence-corrected chi connectivity index (χ1v) is 6.57. The number of alkyl halides is 3. The van der Waals surface area contributed by atoms with Crippen molar-refractivity contribution in [2.75, 3.05) is 0 Å². The van der Waals surface area contributed by atoms with E-state index in [0.29, 0.717) is 16.7 Å². The molecule has 0 amide bonds. The minimum absolute atomic E-state index is 0.259. The SMILES string of the molecule is O=C(O)Cn1c(-c2ccc(C(F)(F)F)cc2)nc2cccnc21. The van der Waals surface area contributed by atoms with Crippen molar-refractivity contribution in [3.05, 3.63) is 48.2 Å². The number of halogens is 3. The summed E-state index contributed by atoms with van der Waals surface area (Å²) in [5.41, 5.74) is 0.450. The molecule has 3 aromatic rings. The summed E-state index contributed by atoms with van der Waals surface area (Å²) in [6, 6.07) is 7.72. The van der Waals surface area contributed by atoms with Gasteiger partial charge < -0.3 is 5.11 Å². The Morgan fingerprint density at radius 1 is 1.17 bits per heavy atom. The van der Waals surface area contributed by atoms with E-state index in [2.05, 4.69) is 9.97 Å². The Hall–Kier alpha value is -2.90. The van der Waals surface area contributed by atoms with E-state index < -0.39 is 17.7 Å². The van der Waals surface area contributed by atoms with E-state index in [1.54, 1.807) is 12.1 Å². The fourth-order valence-corrected chi connectivity index (χ4v) is 2.27. The van der Waals surface area contributed by atoms with Gasteiger partial charge in [0.1, 0.15) is 17.9 Å². The maximum Gasteiger partial charge on any atom is 0.416 e. The quantitative estimate of drug-likeness (QED) is 0.804. The molecule has 0 aliphatic heterocycles. The molecule has 8 heteroatoms. The van der Waals surface area contributed by atoms with E-state index in [1.165, 1.54) is 22.9 Å². The second-order valence-corrected chi connectivity index (χ2v) is 4.84. The molecule has 1 aromatic carbocycles. The first kappa shape index (κ1) is 15.0. The van der Waals surface area contributed by atoms with Gasteiger partial charge in [0.05, 0.1) is 5.56 Å². The molecule has 5 nitrogen and oxygen atoms in total. The van der Waals surface area contributed by atoms with Crippen LogP contribution in [0, 0.1) is 0 Å². The number of rotatable bonds is 3. The van der Waals surface area contributed by atoms with Crippen molar-refractivity contribution in [2.45, 2.75) is 12.7 Å². The minimum Gasteiger partial charge on any atom is -0.480 e. The summed E-state index contributed by atoms with van der Waals surface area (Å²) in [5.74, 6) is -0.835. The number of pyridine rings is 1. The second-order valence-electron chi connectivity index (χ2n) is 4.84. The summed E-state index contributed by atoms with van der Waals surface area (Å²) in [4.78, 5) is 19.4. The monoisotopic (exact) mass is 321 g/mol. The molecule has 118 valence electrons. The predicted molar refractivity (Wildman–Crippen MR) is 75.6 cm³/mol. The number of benzene rings is 1. The summed E-state index contributed by atoms with van der Waals surface area (Å²) in [5, 5.41) is 9.04. The fourth-order valence-electron chi connectivity index (χ4n) is 2.27. The Kier molecular flexibility index (Phi) is 3.51. The van der Waals surface area contributed by atoms with Gasteiger partial charge in [-0.15, -0.1) is 0 Å². The summed E-state index contributed by atoms with van der Waals surface area (Å²) in [7, 11) is 0. The van der Waals surface area contributed by atoms with Crippen LogP contribution in [0.25, 0.3) is 22.6 Å². The molecule has 23 heavy (non-hydrogen) atoms. The summed E-state index contributed by atoms with van der Waals surface area (Å²) in [6.45, 7) is -0.385. The molecule has 0 aliphatic rings. The van der Waals surface area contributed by atoms with Crippen molar-refractivity contribution in [3.63, 3.8) is 0 Å². The molecule has 0 bridgehead atoms. The fraction of sp³-hybridized carbons (Fsp3) is 0.133. The Labute approximate surface area is 128 Å². The van der Waals surface area contributed by atoms with E-state index in [1.807, 2.05) is 0 Å². The lowest BCUT2D eigenvalue weighted by Gasteiger charge is -2.09. The first-order chi connectivity index (χ1) is 10.9. The average molecular weight is 321 g/mol. The predicted octanol–water partition coefficient (Wildman–Crippen LogP) is 3.20. The molecule has 0 unspecified atom stereocenters. The van der Waals surface area contributed by atoms with Crippen molar-refractivity contribution in [3.8, 4) is 11.4 Å². The number of aromatic nitrogens is 3. The van der Waals surface area contributed by atoms with Gasteiger partial charge in [-0.1, -0.05) is 12.1 Å². The van der Waals surface area contributed by atoms with Crippen molar-refractivity contribution in [1.29, 1.82) is 0 Å². The van der Waals surface area contributed by atoms with Gasteiger partial charge >= 0.3 is 12.1 Å². The number of imidazole rings is 1. The number of carboxylic acids is 1. The highest BCUT2D eigenvalue weighted by atomic mass is 19.4. The molecule has 0 atom stereocenters. The van der Waals surface area contributed by atoms with Crippen LogP contribution in [-0.4, -0.2) is 25.6 Å². The number of aliphatic carboxylic acids is 1. The number of hydrogen-bond acceptors (Lipinski definition) is 3. The van der Waals surface area contributed by atoms with Gasteiger partial charge in [0.25, 0.3) is 0 Å². The molecule has 2 aromatic heterocycles. The third-order valence-corrected chi connectivity index (χ3v) is 3.27. The molecule has 1 N–H and O–H groups in total. The standard InChI is InChI=1S/C15H10F3N3O2/c16-15(17,18)10-5-3-9(4-6-10)13-20-11-2-1-7-19-14(11)21(13)8-12(22)23/h1-7H,8H2,(H,22,23). The molecule has 0 saturated carbocycles. The normalized spacial score (nSPS) is 11.8. The highest BCUT2D eigenvalue weighted by molar-refractivity contribution is 5.79. The summed E-state index contributed by atoms with van der Waals surface area (Å²) in [6.07, 6.45) is -2.93. The van der Waals surface area contributed by atoms with Gasteiger partial charge in [-0.25, -0.2) is 9.97 Å². The van der Waals surface area contributed by atoms with Crippen LogP contribution >= 0.6 is 0 Å². The van der Waals surface area contributed by atoms with Crippen molar-refractivity contribution < 1.29 is 23.1 Å². The number of hydrogen-bond donors (Lipinski definition) is 1. The zero-order valence-electron chi connectivity index (χ0n) is 11.6. The van der Waals surface area contributed by atoms with Crippen LogP contribution in [0.3, 0.4) is 0 Å². The highest BCUT2D eigenvalue weighted by Crippen LogP contribution is 2.31. The van der Waals surface area contributed by atoms with Crippen LogP contribution in [0.1, 0.15) is 5.56 Å². The Morgan fingerprint density at radius 2 is 1.87 bits per heavy atom. The summed E-state index contributed by atoms with van der Waals surface area (Å²) >= 11 is 0. The lowest BCUT2D eigenvalue weighted by atomic mass is 10.1. The zero-order chi connectivity index (χ0) is 16.6. The van der Waals surface area contributed by atoms with Gasteiger partial charge in [-0.2, -0.15) is 13.2 Å². The van der Waals surface area contributed by atoms with Crippen molar-refractivity contribution in [2.24, 2.45) is 0 Å². The number of carbonyl (C=O) groups is 1. The maximum absolute atomic E-state index is 12.6. The topological polar surface area (TPSA) is 68.0 Å². The van der Waals surface area contributed by atoms with Crippen LogP contribution in [0.15, 0.2) is 42.6 Å². The second kappa shape index (κ2) is 5.38. The van der Waals surface area contributed by atoms with Crippen LogP contribution in [0.4, 0.5) is 13.2 Å². The van der Waals surface area contributed by atoms with Crippen molar-refractivity contribution in [1.82, 2.24) is 14.5 Å². The van der Waals surface area contributed by atoms with E-state index in [0.717, 1.165) is 12.1 Å². The molecular weight excluding hydrogens is 311 g/mol. The Morgan fingerprint density at radius 3 is 2.48 bits per heavy atom. The molecule has 0 fully saturated rings. The van der Waals surface area contributed by atoms with E-state index in [-0.39, 0.29) is 12.4 Å². The highest BCUT2D eigenvalue weighted by Gasteiger charge is 2.30. The number of fused-ring (bicyclic) bond motifs is 1. The molecule has 2 heterocycles. The Balaban J connectivity index is 2.13. The van der Waals surface area contributed by atoms with E-state index in [4.69, 9.17) is 5.11 Å². The Bertz CT molecular complexity index is 870. The van der Waals surface area contributed by atoms with Crippen LogP contribution in [-0.2, 0) is 17.5 Å². The average Bonchev–Trinajstić information content (AvgIpc) is 2.85. The lowest BCUT2D eigenvalue weighted by molar-refractivity contribution is -0.138. The summed E-state index contributed by atoms with van der Waals surface area (Å²) < 4.78 is 39.3. The van der Waals surface area contributed by atoms with Crippen LogP contribution in [0.5, 0.6) is 0 Å². The molecule has 0 spiro atoms. The molecular formula is C15H10F3N3O2. The lowest BCUT2D eigenvalue weighted by Crippen LogP contribution is -2.10. The number of nitrogens with zero attached hydrogens (tertiary/aromatic N) is 3. The van der Waals surface area contributed by atoms with Gasteiger partial charge in [0.2, 0.25) is 0 Å². The van der Waals surface area contributed by atoms with E-state index in [9.17, 15) is 18.0 Å². The third kappa shape index (κ3) is 2.87. The number of carboxylic acid groups (broad SMARTS) is 1.